The monoisotopic (exact) mass is 320 g/mol. The van der Waals surface area contributed by atoms with E-state index in [1.807, 2.05) is 0 Å². The number of nitro benzene ring substituents is 1. The van der Waals surface area contributed by atoms with Gasteiger partial charge >= 0.3 is 0 Å². The van der Waals surface area contributed by atoms with Gasteiger partial charge in [-0.25, -0.2) is 0 Å². The molecule has 1 N–H and O–H groups in total. The van der Waals surface area contributed by atoms with Crippen molar-refractivity contribution in [3.8, 4) is 0 Å². The van der Waals surface area contributed by atoms with E-state index in [9.17, 15) is 19.7 Å². The molecule has 0 saturated heterocycles. The van der Waals surface area contributed by atoms with Crippen LogP contribution in [0.3, 0.4) is 0 Å². The minimum atomic E-state index is -0.642. The van der Waals surface area contributed by atoms with Gasteiger partial charge in [0.05, 0.1) is 11.3 Å². The summed E-state index contributed by atoms with van der Waals surface area (Å²) in [5.74, 6) is -0.621. The predicted molar refractivity (Wildman–Crippen MR) is 80.0 cm³/mol. The number of benzene rings is 1. The van der Waals surface area contributed by atoms with E-state index in [-0.39, 0.29) is 28.6 Å². The van der Waals surface area contributed by atoms with Crippen molar-refractivity contribution in [1.29, 1.82) is 0 Å². The average molecular weight is 320 g/mol. The number of nitro groups is 1. The van der Waals surface area contributed by atoms with Crippen molar-refractivity contribution < 1.29 is 14.5 Å². The number of carbonyl (C=O) groups excluding carboxylic acids is 2. The van der Waals surface area contributed by atoms with E-state index in [0.29, 0.717) is 11.4 Å². The van der Waals surface area contributed by atoms with Crippen molar-refractivity contribution in [3.63, 3.8) is 0 Å². The van der Waals surface area contributed by atoms with Crippen LogP contribution in [0.25, 0.3) is 0 Å². The summed E-state index contributed by atoms with van der Waals surface area (Å²) in [6, 6.07) is 5.62. The number of hydrogen-bond acceptors (Lipinski definition) is 7. The molecular formula is C13H12N4O4S. The van der Waals surface area contributed by atoms with Gasteiger partial charge in [-0.3, -0.25) is 25.0 Å². The van der Waals surface area contributed by atoms with Crippen molar-refractivity contribution in [3.05, 3.63) is 45.0 Å². The van der Waals surface area contributed by atoms with Gasteiger partial charge in [0.2, 0.25) is 5.13 Å². The molecule has 2 aromatic rings. The Morgan fingerprint density at radius 1 is 1.32 bits per heavy atom. The van der Waals surface area contributed by atoms with Gasteiger partial charge < -0.3 is 0 Å². The lowest BCUT2D eigenvalue weighted by Crippen LogP contribution is -2.13. The maximum absolute atomic E-state index is 12.1. The molecule has 0 unspecified atom stereocenters. The van der Waals surface area contributed by atoms with Crippen LogP contribution in [-0.4, -0.2) is 26.8 Å². The molecule has 0 spiro atoms. The smallest absolute Gasteiger partial charge is 0.282 e. The zero-order valence-electron chi connectivity index (χ0n) is 11.6. The van der Waals surface area contributed by atoms with Crippen LogP contribution in [0.4, 0.5) is 10.8 Å². The van der Waals surface area contributed by atoms with Crippen molar-refractivity contribution in [2.75, 3.05) is 5.32 Å². The third-order valence-electron chi connectivity index (χ3n) is 2.78. The summed E-state index contributed by atoms with van der Waals surface area (Å²) in [4.78, 5) is 33.7. The lowest BCUT2D eigenvalue weighted by Gasteiger charge is -2.01. The maximum Gasteiger partial charge on any atom is 0.282 e. The molecule has 0 radical (unpaired) electrons. The third-order valence-corrected chi connectivity index (χ3v) is 3.61. The van der Waals surface area contributed by atoms with Crippen LogP contribution in [0, 0.1) is 10.1 Å². The predicted octanol–water partition coefficient (Wildman–Crippen LogP) is 2.22. The standard InChI is InChI=1S/C13H12N4O4S/c1-2-8(18)7-11-15-16-13(22-11)14-12(19)9-5-3-4-6-10(9)17(20)21/h3-6H,2,7H2,1H3,(H,14,16,19). The van der Waals surface area contributed by atoms with E-state index in [1.54, 1.807) is 6.92 Å². The number of para-hydroxylation sites is 1. The highest BCUT2D eigenvalue weighted by atomic mass is 32.1. The number of amides is 1. The Kier molecular flexibility index (Phi) is 4.89. The zero-order chi connectivity index (χ0) is 16.1. The second kappa shape index (κ2) is 6.85. The molecule has 114 valence electrons. The van der Waals surface area contributed by atoms with E-state index in [0.717, 1.165) is 11.3 Å². The van der Waals surface area contributed by atoms with Crippen molar-refractivity contribution in [1.82, 2.24) is 10.2 Å². The first-order valence-corrected chi connectivity index (χ1v) is 7.21. The van der Waals surface area contributed by atoms with Crippen LogP contribution >= 0.6 is 11.3 Å². The Balaban J connectivity index is 2.13. The van der Waals surface area contributed by atoms with E-state index in [4.69, 9.17) is 0 Å². The fourth-order valence-corrected chi connectivity index (χ4v) is 2.42. The van der Waals surface area contributed by atoms with Crippen LogP contribution in [0.15, 0.2) is 24.3 Å². The summed E-state index contributed by atoms with van der Waals surface area (Å²) in [7, 11) is 0. The lowest BCUT2D eigenvalue weighted by atomic mass is 10.1. The number of hydrogen-bond donors (Lipinski definition) is 1. The summed E-state index contributed by atoms with van der Waals surface area (Å²) in [5.41, 5.74) is -0.347. The summed E-state index contributed by atoms with van der Waals surface area (Å²) in [6.45, 7) is 1.75. The molecule has 1 heterocycles. The third kappa shape index (κ3) is 3.70. The molecule has 0 bridgehead atoms. The van der Waals surface area contributed by atoms with E-state index < -0.39 is 10.8 Å². The topological polar surface area (TPSA) is 115 Å². The number of ketones is 1. The molecule has 0 aliphatic heterocycles. The Labute approximate surface area is 129 Å². The number of rotatable bonds is 6. The molecule has 1 aromatic carbocycles. The fraction of sp³-hybridized carbons (Fsp3) is 0.231. The minimum absolute atomic E-state index is 0.0210. The molecule has 8 nitrogen and oxygen atoms in total. The van der Waals surface area contributed by atoms with Gasteiger partial charge in [0.1, 0.15) is 16.4 Å². The highest BCUT2D eigenvalue weighted by Gasteiger charge is 2.20. The summed E-state index contributed by atoms with van der Waals surface area (Å²) in [6.07, 6.45) is 0.563. The Morgan fingerprint density at radius 2 is 2.05 bits per heavy atom. The van der Waals surface area contributed by atoms with Gasteiger partial charge in [0.25, 0.3) is 11.6 Å². The average Bonchev–Trinajstić information content (AvgIpc) is 2.93. The summed E-state index contributed by atoms with van der Waals surface area (Å²) in [5, 5.41) is 21.6. The van der Waals surface area contributed by atoms with Gasteiger partial charge in [0, 0.05) is 12.5 Å². The van der Waals surface area contributed by atoms with Gasteiger partial charge in [-0.1, -0.05) is 30.4 Å². The fourth-order valence-electron chi connectivity index (χ4n) is 1.66. The largest absolute Gasteiger partial charge is 0.299 e. The van der Waals surface area contributed by atoms with Crippen molar-refractivity contribution in [2.45, 2.75) is 19.8 Å². The molecular weight excluding hydrogens is 308 g/mol. The van der Waals surface area contributed by atoms with Crippen LogP contribution in [-0.2, 0) is 11.2 Å². The zero-order valence-corrected chi connectivity index (χ0v) is 12.4. The maximum atomic E-state index is 12.1. The molecule has 2 rings (SSSR count). The van der Waals surface area contributed by atoms with Crippen LogP contribution in [0.5, 0.6) is 0 Å². The van der Waals surface area contributed by atoms with Gasteiger partial charge in [0.15, 0.2) is 0 Å². The first-order valence-electron chi connectivity index (χ1n) is 6.40. The molecule has 0 fully saturated rings. The SMILES string of the molecule is CCC(=O)Cc1nnc(NC(=O)c2ccccc2[N+](=O)[O-])s1. The minimum Gasteiger partial charge on any atom is -0.299 e. The molecule has 22 heavy (non-hydrogen) atoms. The van der Waals surface area contributed by atoms with E-state index in [1.165, 1.54) is 24.3 Å². The van der Waals surface area contributed by atoms with E-state index >= 15 is 0 Å². The number of anilines is 1. The van der Waals surface area contributed by atoms with E-state index in [2.05, 4.69) is 15.5 Å². The lowest BCUT2D eigenvalue weighted by molar-refractivity contribution is -0.385. The summed E-state index contributed by atoms with van der Waals surface area (Å²) >= 11 is 1.07. The highest BCUT2D eigenvalue weighted by molar-refractivity contribution is 7.15. The van der Waals surface area contributed by atoms with Crippen LogP contribution in [0.2, 0.25) is 0 Å². The Hall–Kier alpha value is -2.68. The molecule has 1 aromatic heterocycles. The normalized spacial score (nSPS) is 10.2. The highest BCUT2D eigenvalue weighted by Crippen LogP contribution is 2.21. The Morgan fingerprint density at radius 3 is 2.73 bits per heavy atom. The number of aromatic nitrogens is 2. The van der Waals surface area contributed by atoms with Crippen molar-refractivity contribution in [2.24, 2.45) is 0 Å². The molecule has 0 atom stereocenters. The van der Waals surface area contributed by atoms with Crippen LogP contribution in [0.1, 0.15) is 28.7 Å². The molecule has 9 heteroatoms. The molecule has 0 aliphatic carbocycles. The molecule has 0 saturated carbocycles. The van der Waals surface area contributed by atoms with Crippen molar-refractivity contribution >= 4 is 33.8 Å². The first-order chi connectivity index (χ1) is 10.5. The number of nitrogens with one attached hydrogen (secondary N) is 1. The quantitative estimate of drug-likeness (QED) is 0.644. The van der Waals surface area contributed by atoms with Gasteiger partial charge in [-0.2, -0.15) is 0 Å². The number of nitrogens with zero attached hydrogens (tertiary/aromatic N) is 3. The number of carbonyl (C=O) groups is 2. The van der Waals surface area contributed by atoms with Crippen LogP contribution < -0.4 is 5.32 Å². The second-order valence-electron chi connectivity index (χ2n) is 4.30. The first kappa shape index (κ1) is 15.7. The molecule has 0 aliphatic rings. The number of Topliss-reactive ketones (excluding diaryl/α,β-unsaturated/α-hetero) is 1. The summed E-state index contributed by atoms with van der Waals surface area (Å²) < 4.78 is 0. The van der Waals surface area contributed by atoms with Gasteiger partial charge in [-0.05, 0) is 6.07 Å². The molecule has 1 amide bonds. The van der Waals surface area contributed by atoms with Gasteiger partial charge in [-0.15, -0.1) is 10.2 Å². The second-order valence-corrected chi connectivity index (χ2v) is 5.36. The Bertz CT molecular complexity index is 728.